The van der Waals surface area contributed by atoms with Crippen LogP contribution in [0.1, 0.15) is 15.9 Å². The summed E-state index contributed by atoms with van der Waals surface area (Å²) in [5.74, 6) is -0.651. The van der Waals surface area contributed by atoms with E-state index in [1.165, 1.54) is 61.9 Å². The van der Waals surface area contributed by atoms with Crippen molar-refractivity contribution in [2.45, 2.75) is 21.9 Å². The van der Waals surface area contributed by atoms with Gasteiger partial charge in [0.15, 0.2) is 5.16 Å². The van der Waals surface area contributed by atoms with E-state index in [4.69, 9.17) is 4.74 Å². The van der Waals surface area contributed by atoms with Crippen LogP contribution in [-0.4, -0.2) is 41.1 Å². The lowest BCUT2D eigenvalue weighted by Crippen LogP contribution is -2.26. The molecule has 0 atom stereocenters. The SMILES string of the molecule is Cc1ccc(S(=O)(=O)N(C)c2ccc(OC(=O)c3ccc(Sc4nncn4C)c([N+](=O)[O-])c3)cc2)cc1. The van der Waals surface area contributed by atoms with Crippen molar-refractivity contribution in [2.24, 2.45) is 7.05 Å². The van der Waals surface area contributed by atoms with Gasteiger partial charge in [0.25, 0.3) is 15.7 Å². The molecule has 0 radical (unpaired) electrons. The van der Waals surface area contributed by atoms with E-state index in [0.717, 1.165) is 27.7 Å². The van der Waals surface area contributed by atoms with Crippen molar-refractivity contribution >= 4 is 39.1 Å². The molecule has 0 amide bonds. The Labute approximate surface area is 216 Å². The summed E-state index contributed by atoms with van der Waals surface area (Å²) in [7, 11) is -0.641. The van der Waals surface area contributed by atoms with Crippen LogP contribution < -0.4 is 9.04 Å². The molecule has 190 valence electrons. The molecule has 0 spiro atoms. The minimum Gasteiger partial charge on any atom is -0.423 e. The standard InChI is InChI=1S/C24H21N5O6S2/c1-16-4-11-20(12-5-16)37(33,34)28(3)18-7-9-19(10-8-18)35-23(30)17-6-13-22(21(14-17)29(31)32)36-24-26-25-15-27(24)2/h4-15H,1-3H3. The molecule has 0 bridgehead atoms. The number of nitro groups is 1. The van der Waals surface area contributed by atoms with Gasteiger partial charge >= 0.3 is 5.97 Å². The van der Waals surface area contributed by atoms with Gasteiger partial charge in [-0.15, -0.1) is 10.2 Å². The number of ether oxygens (including phenoxy) is 1. The van der Waals surface area contributed by atoms with Gasteiger partial charge in [0.2, 0.25) is 0 Å². The Hall–Kier alpha value is -4.23. The van der Waals surface area contributed by atoms with E-state index < -0.39 is 20.9 Å². The zero-order valence-electron chi connectivity index (χ0n) is 19.9. The lowest BCUT2D eigenvalue weighted by molar-refractivity contribution is -0.387. The predicted octanol–water partition coefficient (Wildman–Crippen LogP) is 4.23. The quantitative estimate of drug-likeness (QED) is 0.139. The summed E-state index contributed by atoms with van der Waals surface area (Å²) in [4.78, 5) is 24.1. The molecule has 0 N–H and O–H groups in total. The second-order valence-electron chi connectivity index (χ2n) is 7.94. The monoisotopic (exact) mass is 539 g/mol. The van der Waals surface area contributed by atoms with Crippen LogP contribution in [0.25, 0.3) is 0 Å². The van der Waals surface area contributed by atoms with Crippen molar-refractivity contribution in [1.29, 1.82) is 0 Å². The normalized spacial score (nSPS) is 11.2. The predicted molar refractivity (Wildman–Crippen MR) is 136 cm³/mol. The number of carbonyl (C=O) groups is 1. The minimum absolute atomic E-state index is 0.0165. The highest BCUT2D eigenvalue weighted by atomic mass is 32.2. The summed E-state index contributed by atoms with van der Waals surface area (Å²) in [6.07, 6.45) is 1.47. The topological polar surface area (TPSA) is 138 Å². The van der Waals surface area contributed by atoms with Gasteiger partial charge in [-0.05, 0) is 67.2 Å². The molecule has 37 heavy (non-hydrogen) atoms. The van der Waals surface area contributed by atoms with E-state index in [9.17, 15) is 23.3 Å². The molecule has 0 saturated carbocycles. The number of anilines is 1. The van der Waals surface area contributed by atoms with E-state index in [2.05, 4.69) is 10.2 Å². The number of aryl methyl sites for hydroxylation is 2. The van der Waals surface area contributed by atoms with E-state index in [1.807, 2.05) is 6.92 Å². The molecule has 11 nitrogen and oxygen atoms in total. The number of hydrogen-bond acceptors (Lipinski definition) is 9. The van der Waals surface area contributed by atoms with Crippen molar-refractivity contribution in [2.75, 3.05) is 11.4 Å². The van der Waals surface area contributed by atoms with Crippen molar-refractivity contribution in [3.8, 4) is 5.75 Å². The molecule has 13 heteroatoms. The van der Waals surface area contributed by atoms with Gasteiger partial charge in [-0.1, -0.05) is 17.7 Å². The van der Waals surface area contributed by atoms with Crippen molar-refractivity contribution in [3.05, 3.63) is 94.3 Å². The highest BCUT2D eigenvalue weighted by Crippen LogP contribution is 2.34. The first-order valence-electron chi connectivity index (χ1n) is 10.7. The third kappa shape index (κ3) is 5.62. The number of aromatic nitrogens is 3. The number of rotatable bonds is 8. The lowest BCUT2D eigenvalue weighted by Gasteiger charge is -2.20. The van der Waals surface area contributed by atoms with Crippen LogP contribution in [0.3, 0.4) is 0 Å². The first kappa shape index (κ1) is 25.9. The molecule has 0 unspecified atom stereocenters. The Morgan fingerprint density at radius 3 is 2.35 bits per heavy atom. The lowest BCUT2D eigenvalue weighted by atomic mass is 10.2. The second kappa shape index (κ2) is 10.4. The molecular weight excluding hydrogens is 518 g/mol. The summed E-state index contributed by atoms with van der Waals surface area (Å²) in [6, 6.07) is 16.4. The Kier molecular flexibility index (Phi) is 7.27. The number of carbonyl (C=O) groups excluding carboxylic acids is 1. The van der Waals surface area contributed by atoms with Crippen LogP contribution in [0.5, 0.6) is 5.75 Å². The minimum atomic E-state index is -3.78. The maximum Gasteiger partial charge on any atom is 0.343 e. The summed E-state index contributed by atoms with van der Waals surface area (Å²) in [5, 5.41) is 19.7. The van der Waals surface area contributed by atoms with Gasteiger partial charge in [-0.2, -0.15) is 0 Å². The van der Waals surface area contributed by atoms with Crippen molar-refractivity contribution < 1.29 is 22.9 Å². The number of hydrogen-bond donors (Lipinski definition) is 0. The maximum absolute atomic E-state index is 12.9. The molecule has 3 aromatic carbocycles. The summed E-state index contributed by atoms with van der Waals surface area (Å²) in [5.41, 5.74) is 1.01. The summed E-state index contributed by atoms with van der Waals surface area (Å²) >= 11 is 1.05. The Balaban J connectivity index is 1.49. The van der Waals surface area contributed by atoms with Gasteiger partial charge in [-0.3, -0.25) is 14.4 Å². The van der Waals surface area contributed by atoms with Crippen molar-refractivity contribution in [1.82, 2.24) is 14.8 Å². The Bertz CT molecular complexity index is 1570. The van der Waals surface area contributed by atoms with E-state index in [-0.39, 0.29) is 21.9 Å². The fraction of sp³-hybridized carbons (Fsp3) is 0.125. The van der Waals surface area contributed by atoms with Gasteiger partial charge in [0.1, 0.15) is 12.1 Å². The number of esters is 1. The Morgan fingerprint density at radius 1 is 1.08 bits per heavy atom. The molecule has 0 saturated heterocycles. The molecule has 0 aliphatic heterocycles. The van der Waals surface area contributed by atoms with Gasteiger partial charge in [0.05, 0.1) is 26.0 Å². The smallest absolute Gasteiger partial charge is 0.343 e. The first-order chi connectivity index (χ1) is 17.6. The molecule has 4 aromatic rings. The van der Waals surface area contributed by atoms with Crippen molar-refractivity contribution in [3.63, 3.8) is 0 Å². The second-order valence-corrected chi connectivity index (χ2v) is 10.9. The highest BCUT2D eigenvalue weighted by molar-refractivity contribution is 7.99. The average Bonchev–Trinajstić information content (AvgIpc) is 3.28. The third-order valence-electron chi connectivity index (χ3n) is 5.35. The molecule has 0 aliphatic rings. The maximum atomic E-state index is 12.9. The molecule has 0 aliphatic carbocycles. The summed E-state index contributed by atoms with van der Waals surface area (Å²) < 4.78 is 33.9. The van der Waals surface area contributed by atoms with E-state index >= 15 is 0 Å². The first-order valence-corrected chi connectivity index (χ1v) is 13.0. The van der Waals surface area contributed by atoms with Crippen LogP contribution in [0.4, 0.5) is 11.4 Å². The van der Waals surface area contributed by atoms with Crippen LogP contribution >= 0.6 is 11.8 Å². The average molecular weight is 540 g/mol. The van der Waals surface area contributed by atoms with Crippen LogP contribution in [0.2, 0.25) is 0 Å². The van der Waals surface area contributed by atoms with Gasteiger partial charge in [0, 0.05) is 20.2 Å². The zero-order valence-corrected chi connectivity index (χ0v) is 21.6. The van der Waals surface area contributed by atoms with E-state index in [1.54, 1.807) is 23.7 Å². The fourth-order valence-corrected chi connectivity index (χ4v) is 5.28. The molecule has 0 fully saturated rings. The number of nitrogens with zero attached hydrogens (tertiary/aromatic N) is 5. The number of benzene rings is 3. The third-order valence-corrected chi connectivity index (χ3v) is 8.27. The van der Waals surface area contributed by atoms with Gasteiger partial charge < -0.3 is 9.30 Å². The molecular formula is C24H21N5O6S2. The largest absolute Gasteiger partial charge is 0.423 e. The fourth-order valence-electron chi connectivity index (χ4n) is 3.23. The zero-order chi connectivity index (χ0) is 26.7. The van der Waals surface area contributed by atoms with Gasteiger partial charge in [-0.25, -0.2) is 13.2 Å². The van der Waals surface area contributed by atoms with E-state index in [0.29, 0.717) is 15.7 Å². The molecule has 1 aromatic heterocycles. The number of nitro benzene ring substituents is 1. The summed E-state index contributed by atoms with van der Waals surface area (Å²) in [6.45, 7) is 1.87. The number of sulfonamides is 1. The van der Waals surface area contributed by atoms with Crippen LogP contribution in [-0.2, 0) is 17.1 Å². The highest BCUT2D eigenvalue weighted by Gasteiger charge is 2.23. The van der Waals surface area contributed by atoms with Crippen LogP contribution in [0.15, 0.2) is 88.0 Å². The molecule has 4 rings (SSSR count). The Morgan fingerprint density at radius 2 is 1.76 bits per heavy atom. The van der Waals surface area contributed by atoms with Crippen LogP contribution in [0, 0.1) is 17.0 Å². The molecule has 1 heterocycles.